The van der Waals surface area contributed by atoms with E-state index in [4.69, 9.17) is 17.3 Å². The summed E-state index contributed by atoms with van der Waals surface area (Å²) in [4.78, 5) is 11.8. The Morgan fingerprint density at radius 1 is 0.526 bits per heavy atom. The van der Waals surface area contributed by atoms with E-state index in [1.165, 1.54) is 154 Å². The molecule has 0 aliphatic heterocycles. The third-order valence-corrected chi connectivity index (χ3v) is 10.3. The minimum atomic E-state index is -0.760. The molecule has 226 valence electrons. The van der Waals surface area contributed by atoms with Crippen molar-refractivity contribution in [2.75, 3.05) is 11.5 Å². The molecular formula is C32H63NO2S3. The summed E-state index contributed by atoms with van der Waals surface area (Å²) in [5.74, 6) is 1.40. The second-order valence-electron chi connectivity index (χ2n) is 11.0. The minimum Gasteiger partial charge on any atom is -0.481 e. The number of carboxylic acid groups (broad SMARTS) is 1. The lowest BCUT2D eigenvalue weighted by Gasteiger charge is -2.22. The van der Waals surface area contributed by atoms with E-state index in [-0.39, 0.29) is 6.42 Å². The molecular weight excluding hydrogens is 527 g/mol. The summed E-state index contributed by atoms with van der Waals surface area (Å²) in [5.41, 5.74) is 0. The van der Waals surface area contributed by atoms with E-state index in [0.717, 1.165) is 16.5 Å². The molecule has 38 heavy (non-hydrogen) atoms. The first kappa shape index (κ1) is 38.1. The lowest BCUT2D eigenvalue weighted by atomic mass is 10.1. The van der Waals surface area contributed by atoms with Gasteiger partial charge >= 0.3 is 5.97 Å². The molecule has 0 radical (unpaired) electrons. The highest BCUT2D eigenvalue weighted by Crippen LogP contribution is 2.27. The normalized spacial score (nSPS) is 11.2. The molecule has 0 aromatic carbocycles. The smallest absolute Gasteiger partial charge is 0.303 e. The molecule has 3 nitrogen and oxygen atoms in total. The maximum atomic E-state index is 11.0. The Morgan fingerprint density at radius 3 is 1.11 bits per heavy atom. The molecule has 0 saturated carbocycles. The summed E-state index contributed by atoms with van der Waals surface area (Å²) in [6.45, 7) is 4.56. The number of nitrogens with zero attached hydrogens (tertiary/aromatic N) is 1. The van der Waals surface area contributed by atoms with Gasteiger partial charge in [-0.15, -0.1) is 0 Å². The van der Waals surface area contributed by atoms with Crippen LogP contribution in [0.15, 0.2) is 0 Å². The van der Waals surface area contributed by atoms with E-state index < -0.39 is 5.97 Å². The van der Waals surface area contributed by atoms with Crippen LogP contribution in [0, 0.1) is 0 Å². The lowest BCUT2D eigenvalue weighted by Crippen LogP contribution is -2.17. The monoisotopic (exact) mass is 589 g/mol. The number of hydrogen-bond acceptors (Lipinski definition) is 4. The predicted octanol–water partition coefficient (Wildman–Crippen LogP) is 12.2. The van der Waals surface area contributed by atoms with Gasteiger partial charge in [0.1, 0.15) is 0 Å². The van der Waals surface area contributed by atoms with Crippen LogP contribution in [-0.4, -0.2) is 31.3 Å². The predicted molar refractivity (Wildman–Crippen MR) is 178 cm³/mol. The van der Waals surface area contributed by atoms with E-state index in [1.807, 2.05) is 23.9 Å². The highest BCUT2D eigenvalue weighted by Gasteiger charge is 2.13. The molecule has 0 bridgehead atoms. The Labute approximate surface area is 252 Å². The maximum absolute atomic E-state index is 11.0. The van der Waals surface area contributed by atoms with Crippen molar-refractivity contribution >= 4 is 47.1 Å². The van der Waals surface area contributed by atoms with Crippen LogP contribution in [-0.2, 0) is 4.79 Å². The van der Waals surface area contributed by atoms with Crippen LogP contribution in [0.2, 0.25) is 0 Å². The SMILES string of the molecule is CCCCCCCCCCCCCCSN(SCCCCCCCCCCCCCC)C(=S)CCC(=O)O. The van der Waals surface area contributed by atoms with Gasteiger partial charge in [0, 0.05) is 17.9 Å². The largest absolute Gasteiger partial charge is 0.481 e. The second kappa shape index (κ2) is 31.6. The van der Waals surface area contributed by atoms with Crippen molar-refractivity contribution in [3.63, 3.8) is 0 Å². The van der Waals surface area contributed by atoms with Crippen LogP contribution in [0.3, 0.4) is 0 Å². The fourth-order valence-corrected chi connectivity index (χ4v) is 7.30. The zero-order chi connectivity index (χ0) is 27.9. The van der Waals surface area contributed by atoms with Gasteiger partial charge in [-0.1, -0.05) is 167 Å². The lowest BCUT2D eigenvalue weighted by molar-refractivity contribution is -0.136. The summed E-state index contributed by atoms with van der Waals surface area (Å²) in [6, 6.07) is 0. The number of carbonyl (C=O) groups is 1. The molecule has 0 aliphatic rings. The molecule has 0 heterocycles. The average Bonchev–Trinajstić information content (AvgIpc) is 2.91. The zero-order valence-corrected chi connectivity index (χ0v) is 27.8. The third-order valence-electron chi connectivity index (χ3n) is 7.17. The van der Waals surface area contributed by atoms with Crippen molar-refractivity contribution in [1.29, 1.82) is 0 Å². The molecule has 6 heteroatoms. The van der Waals surface area contributed by atoms with Gasteiger partial charge in [0.2, 0.25) is 0 Å². The van der Waals surface area contributed by atoms with Crippen LogP contribution in [0.5, 0.6) is 0 Å². The molecule has 0 saturated heterocycles. The van der Waals surface area contributed by atoms with Crippen molar-refractivity contribution in [2.45, 2.75) is 181 Å². The van der Waals surface area contributed by atoms with Gasteiger partial charge < -0.3 is 5.11 Å². The zero-order valence-electron chi connectivity index (χ0n) is 25.3. The summed E-state index contributed by atoms with van der Waals surface area (Å²) in [7, 11) is 0. The topological polar surface area (TPSA) is 40.5 Å². The molecule has 0 aromatic rings. The van der Waals surface area contributed by atoms with Gasteiger partial charge in [0.25, 0.3) is 0 Å². The van der Waals surface area contributed by atoms with Crippen LogP contribution in [0.25, 0.3) is 0 Å². The first-order valence-electron chi connectivity index (χ1n) is 16.4. The second-order valence-corrected chi connectivity index (χ2v) is 13.8. The van der Waals surface area contributed by atoms with E-state index in [2.05, 4.69) is 17.6 Å². The first-order chi connectivity index (χ1) is 18.6. The van der Waals surface area contributed by atoms with Crippen LogP contribution < -0.4 is 0 Å². The molecule has 0 amide bonds. The van der Waals surface area contributed by atoms with E-state index in [1.54, 1.807) is 0 Å². The highest BCUT2D eigenvalue weighted by atomic mass is 32.2. The molecule has 1 N–H and O–H groups in total. The molecule has 0 unspecified atom stereocenters. The number of hydrogen-bond donors (Lipinski definition) is 1. The number of aliphatic carboxylic acids is 1. The standard InChI is InChI=1S/C32H63NO2S3/c1-3-5-7-9-11-13-15-17-19-21-23-25-29-37-33(31(36)27-28-32(34)35)38-30-26-24-22-20-18-16-14-12-10-8-6-4-2/h3-30H2,1-2H3,(H,34,35). The van der Waals surface area contributed by atoms with Crippen LogP contribution in [0.4, 0.5) is 0 Å². The van der Waals surface area contributed by atoms with Crippen molar-refractivity contribution in [2.24, 2.45) is 0 Å². The van der Waals surface area contributed by atoms with E-state index >= 15 is 0 Å². The Kier molecular flexibility index (Phi) is 31.6. The Hall–Kier alpha value is 0.0600. The van der Waals surface area contributed by atoms with Gasteiger partial charge in [-0.25, -0.2) is 0 Å². The van der Waals surface area contributed by atoms with Crippen molar-refractivity contribution in [3.05, 3.63) is 0 Å². The quantitative estimate of drug-likeness (QED) is 0.0492. The number of thiocarbonyl (C=S) groups is 1. The van der Waals surface area contributed by atoms with Crippen LogP contribution >= 0.6 is 36.1 Å². The number of rotatable bonds is 31. The summed E-state index contributed by atoms with van der Waals surface area (Å²) in [5, 5.41) is 9.05. The number of carboxylic acids is 1. The van der Waals surface area contributed by atoms with Gasteiger partial charge in [-0.05, 0) is 36.7 Å². The molecule has 0 aromatic heterocycles. The Morgan fingerprint density at radius 2 is 0.816 bits per heavy atom. The summed E-state index contributed by atoms with van der Waals surface area (Å²) in [6.07, 6.45) is 33.5. The van der Waals surface area contributed by atoms with Crippen molar-refractivity contribution in [3.8, 4) is 0 Å². The highest BCUT2D eigenvalue weighted by molar-refractivity contribution is 8.13. The third kappa shape index (κ3) is 29.1. The maximum Gasteiger partial charge on any atom is 0.303 e. The number of unbranched alkanes of at least 4 members (excludes halogenated alkanes) is 22. The molecule has 0 fully saturated rings. The van der Waals surface area contributed by atoms with Gasteiger partial charge in [-0.2, -0.15) is 0 Å². The van der Waals surface area contributed by atoms with Gasteiger partial charge in [-0.3, -0.25) is 8.51 Å². The van der Waals surface area contributed by atoms with Crippen molar-refractivity contribution in [1.82, 2.24) is 3.71 Å². The Balaban J connectivity index is 3.82. The Bertz CT molecular complexity index is 489. The fraction of sp³-hybridized carbons (Fsp3) is 0.938. The molecule has 0 aliphatic carbocycles. The van der Waals surface area contributed by atoms with Crippen LogP contribution in [0.1, 0.15) is 181 Å². The molecule has 0 rings (SSSR count). The summed E-state index contributed by atoms with van der Waals surface area (Å²) >= 11 is 9.22. The molecule has 0 spiro atoms. The minimum absolute atomic E-state index is 0.133. The summed E-state index contributed by atoms with van der Waals surface area (Å²) < 4.78 is 2.16. The molecule has 0 atom stereocenters. The first-order valence-corrected chi connectivity index (χ1v) is 18.7. The van der Waals surface area contributed by atoms with E-state index in [9.17, 15) is 4.79 Å². The average molecular weight is 590 g/mol. The van der Waals surface area contributed by atoms with Crippen molar-refractivity contribution < 1.29 is 9.90 Å². The van der Waals surface area contributed by atoms with Gasteiger partial charge in [0.05, 0.1) is 11.4 Å². The van der Waals surface area contributed by atoms with E-state index in [0.29, 0.717) is 6.42 Å². The van der Waals surface area contributed by atoms with Gasteiger partial charge in [0.15, 0.2) is 0 Å². The fourth-order valence-electron chi connectivity index (χ4n) is 4.67.